The van der Waals surface area contributed by atoms with Crippen LogP contribution in [0.1, 0.15) is 33.1 Å². The van der Waals surface area contributed by atoms with Crippen LogP contribution >= 0.6 is 12.2 Å². The molecule has 3 atom stereocenters. The van der Waals surface area contributed by atoms with E-state index in [-0.39, 0.29) is 0 Å². The highest BCUT2D eigenvalue weighted by Crippen LogP contribution is 2.29. The van der Waals surface area contributed by atoms with Gasteiger partial charge in [-0.1, -0.05) is 26.7 Å². The van der Waals surface area contributed by atoms with Crippen molar-refractivity contribution in [3.63, 3.8) is 0 Å². The molecule has 0 aromatic heterocycles. The van der Waals surface area contributed by atoms with Crippen LogP contribution in [0.25, 0.3) is 0 Å². The van der Waals surface area contributed by atoms with Crippen LogP contribution < -0.4 is 16.6 Å². The summed E-state index contributed by atoms with van der Waals surface area (Å²) in [5, 5.41) is 3.81. The number of nitrogens with two attached hydrogens (primary N) is 1. The third-order valence-electron chi connectivity index (χ3n) is 3.15. The zero-order valence-corrected chi connectivity index (χ0v) is 9.16. The van der Waals surface area contributed by atoms with Crippen LogP contribution in [0.3, 0.4) is 0 Å². The van der Waals surface area contributed by atoms with Gasteiger partial charge in [0.25, 0.3) is 0 Å². The first kappa shape index (κ1) is 10.7. The first-order chi connectivity index (χ1) is 6.15. The molecule has 4 heteroatoms. The average Bonchev–Trinajstić information content (AvgIpc) is 2.13. The average molecular weight is 201 g/mol. The zero-order chi connectivity index (χ0) is 9.84. The fraction of sp³-hybridized carbons (Fsp3) is 0.889. The van der Waals surface area contributed by atoms with E-state index in [0.29, 0.717) is 17.1 Å². The van der Waals surface area contributed by atoms with Gasteiger partial charge in [0, 0.05) is 6.04 Å². The van der Waals surface area contributed by atoms with E-state index >= 15 is 0 Å². The Morgan fingerprint density at radius 1 is 1.38 bits per heavy atom. The Morgan fingerprint density at radius 3 is 2.69 bits per heavy atom. The molecule has 0 aliphatic heterocycles. The number of hydrazine groups is 1. The van der Waals surface area contributed by atoms with Crippen molar-refractivity contribution in [3.8, 4) is 0 Å². The third-order valence-corrected chi connectivity index (χ3v) is 3.39. The first-order valence-corrected chi connectivity index (χ1v) is 5.33. The van der Waals surface area contributed by atoms with Crippen molar-refractivity contribution in [3.05, 3.63) is 0 Å². The number of rotatable bonds is 1. The zero-order valence-electron chi connectivity index (χ0n) is 8.34. The topological polar surface area (TPSA) is 50.1 Å². The third kappa shape index (κ3) is 2.81. The molecular weight excluding hydrogens is 182 g/mol. The molecule has 0 saturated heterocycles. The van der Waals surface area contributed by atoms with E-state index in [2.05, 4.69) is 24.6 Å². The largest absolute Gasteiger partial charge is 0.359 e. The van der Waals surface area contributed by atoms with Crippen LogP contribution in [0, 0.1) is 11.8 Å². The lowest BCUT2D eigenvalue weighted by Gasteiger charge is -2.35. The van der Waals surface area contributed by atoms with Gasteiger partial charge in [0.2, 0.25) is 0 Å². The van der Waals surface area contributed by atoms with Crippen molar-refractivity contribution in [2.24, 2.45) is 17.7 Å². The Balaban J connectivity index is 2.43. The van der Waals surface area contributed by atoms with Gasteiger partial charge in [-0.25, -0.2) is 5.84 Å². The maximum Gasteiger partial charge on any atom is 0.180 e. The van der Waals surface area contributed by atoms with Crippen molar-refractivity contribution in [1.29, 1.82) is 0 Å². The maximum atomic E-state index is 5.22. The lowest BCUT2D eigenvalue weighted by atomic mass is 9.78. The summed E-state index contributed by atoms with van der Waals surface area (Å²) in [7, 11) is 0. The minimum Gasteiger partial charge on any atom is -0.359 e. The molecule has 0 heterocycles. The van der Waals surface area contributed by atoms with E-state index in [1.807, 2.05) is 0 Å². The number of hydrogen-bond donors (Lipinski definition) is 3. The Labute approximate surface area is 85.4 Å². The molecule has 3 nitrogen and oxygen atoms in total. The molecule has 1 aliphatic rings. The normalized spacial score (nSPS) is 33.9. The van der Waals surface area contributed by atoms with Gasteiger partial charge in [0.1, 0.15) is 0 Å². The Kier molecular flexibility index (Phi) is 3.93. The molecule has 0 aromatic carbocycles. The highest BCUT2D eigenvalue weighted by Gasteiger charge is 2.27. The molecule has 0 unspecified atom stereocenters. The maximum absolute atomic E-state index is 5.22. The molecule has 0 bridgehead atoms. The predicted molar refractivity (Wildman–Crippen MR) is 59.0 cm³/mol. The van der Waals surface area contributed by atoms with Crippen molar-refractivity contribution in [2.75, 3.05) is 0 Å². The van der Waals surface area contributed by atoms with E-state index < -0.39 is 0 Å². The van der Waals surface area contributed by atoms with E-state index in [0.717, 1.165) is 5.92 Å². The first-order valence-electron chi connectivity index (χ1n) is 4.92. The van der Waals surface area contributed by atoms with Crippen LogP contribution in [-0.2, 0) is 0 Å². The molecule has 0 amide bonds. The van der Waals surface area contributed by atoms with Gasteiger partial charge < -0.3 is 10.7 Å². The van der Waals surface area contributed by atoms with Gasteiger partial charge in [-0.3, -0.25) is 0 Å². The summed E-state index contributed by atoms with van der Waals surface area (Å²) in [5.41, 5.74) is 2.47. The predicted octanol–water partition coefficient (Wildman–Crippen LogP) is 1.15. The Hall–Kier alpha value is -0.350. The number of thiocarbonyl (C=S) groups is 1. The lowest BCUT2D eigenvalue weighted by molar-refractivity contribution is 0.224. The Morgan fingerprint density at radius 2 is 2.08 bits per heavy atom. The molecule has 1 saturated carbocycles. The standard InChI is InChI=1S/C9H19N3S/c1-6-4-3-5-8(7(6)2)11-9(13)12-10/h6-8H,3-5,10H2,1-2H3,(H2,11,12,13)/t6-,7-,8+/m0/s1. The minimum atomic E-state index is 0.493. The molecule has 76 valence electrons. The molecular formula is C9H19N3S. The quantitative estimate of drug-likeness (QED) is 0.338. The smallest absolute Gasteiger partial charge is 0.180 e. The summed E-state index contributed by atoms with van der Waals surface area (Å²) in [6.45, 7) is 4.58. The second-order valence-corrected chi connectivity index (χ2v) is 4.40. The summed E-state index contributed by atoms with van der Waals surface area (Å²) in [6, 6.07) is 0.493. The highest BCUT2D eigenvalue weighted by atomic mass is 32.1. The van der Waals surface area contributed by atoms with Gasteiger partial charge in [-0.15, -0.1) is 0 Å². The SMILES string of the molecule is C[C@H]1[C@@H](C)CCC[C@H]1NC(=S)NN. The second-order valence-electron chi connectivity index (χ2n) is 3.99. The van der Waals surface area contributed by atoms with Crippen molar-refractivity contribution < 1.29 is 0 Å². The molecule has 4 N–H and O–H groups in total. The minimum absolute atomic E-state index is 0.493. The molecule has 0 radical (unpaired) electrons. The van der Waals surface area contributed by atoms with E-state index in [9.17, 15) is 0 Å². The molecule has 13 heavy (non-hydrogen) atoms. The van der Waals surface area contributed by atoms with Crippen LogP contribution in [-0.4, -0.2) is 11.2 Å². The Bertz CT molecular complexity index is 184. The molecule has 1 aliphatic carbocycles. The second kappa shape index (κ2) is 4.77. The van der Waals surface area contributed by atoms with Gasteiger partial charge in [0.05, 0.1) is 0 Å². The fourth-order valence-electron chi connectivity index (χ4n) is 2.00. The fourth-order valence-corrected chi connectivity index (χ4v) is 2.15. The van der Waals surface area contributed by atoms with Crippen molar-refractivity contribution in [1.82, 2.24) is 10.7 Å². The number of nitrogens with one attached hydrogen (secondary N) is 2. The van der Waals surface area contributed by atoms with Crippen LogP contribution in [0.5, 0.6) is 0 Å². The summed E-state index contributed by atoms with van der Waals surface area (Å²) in [4.78, 5) is 0. The lowest BCUT2D eigenvalue weighted by Crippen LogP contribution is -2.49. The molecule has 1 fully saturated rings. The van der Waals surface area contributed by atoms with Gasteiger partial charge in [-0.05, 0) is 30.5 Å². The summed E-state index contributed by atoms with van der Waals surface area (Å²) in [5.74, 6) is 6.68. The van der Waals surface area contributed by atoms with Crippen molar-refractivity contribution in [2.45, 2.75) is 39.2 Å². The van der Waals surface area contributed by atoms with Crippen LogP contribution in [0.4, 0.5) is 0 Å². The van der Waals surface area contributed by atoms with Crippen LogP contribution in [0.15, 0.2) is 0 Å². The van der Waals surface area contributed by atoms with E-state index in [4.69, 9.17) is 18.1 Å². The summed E-state index contributed by atoms with van der Waals surface area (Å²) in [6.07, 6.45) is 3.83. The van der Waals surface area contributed by atoms with Gasteiger partial charge in [0.15, 0.2) is 5.11 Å². The van der Waals surface area contributed by atoms with E-state index in [1.165, 1.54) is 19.3 Å². The summed E-state index contributed by atoms with van der Waals surface area (Å²) < 4.78 is 0. The highest BCUT2D eigenvalue weighted by molar-refractivity contribution is 7.80. The van der Waals surface area contributed by atoms with Crippen LogP contribution in [0.2, 0.25) is 0 Å². The molecule has 0 aromatic rings. The monoisotopic (exact) mass is 201 g/mol. The number of hydrogen-bond acceptors (Lipinski definition) is 2. The van der Waals surface area contributed by atoms with Crippen molar-refractivity contribution >= 4 is 17.3 Å². The molecule has 1 rings (SSSR count). The van der Waals surface area contributed by atoms with Gasteiger partial charge >= 0.3 is 0 Å². The molecule has 0 spiro atoms. The van der Waals surface area contributed by atoms with E-state index in [1.54, 1.807) is 0 Å². The summed E-state index contributed by atoms with van der Waals surface area (Å²) >= 11 is 4.98. The van der Waals surface area contributed by atoms with Gasteiger partial charge in [-0.2, -0.15) is 0 Å².